The second kappa shape index (κ2) is 40.2. The van der Waals surface area contributed by atoms with Crippen molar-refractivity contribution in [3.05, 3.63) is 5.82 Å². The molecule has 22 heteroatoms. The Morgan fingerprint density at radius 2 is 0.941 bits per heavy atom. The largest absolute Gasteiger partial charge is 0.480 e. The number of carbonyl (C=O) groups is 7. The maximum absolute atomic E-state index is 12.4. The zero-order valence-corrected chi connectivity index (χ0v) is 41.4. The highest BCUT2D eigenvalue weighted by molar-refractivity contribution is 7.90. The third kappa shape index (κ3) is 36.3. The summed E-state index contributed by atoms with van der Waals surface area (Å²) in [4.78, 5) is 84.2. The molecule has 1 heterocycles. The molecule has 68 heavy (non-hydrogen) atoms. The van der Waals surface area contributed by atoms with Gasteiger partial charge in [0.2, 0.25) is 39.6 Å². The number of carboxylic acid groups (broad SMARTS) is 2. The van der Waals surface area contributed by atoms with Crippen LogP contribution in [0.4, 0.5) is 0 Å². The molecule has 0 bridgehead atoms. The summed E-state index contributed by atoms with van der Waals surface area (Å²) >= 11 is 0. The van der Waals surface area contributed by atoms with Crippen molar-refractivity contribution in [1.82, 2.24) is 46.6 Å². The number of nitrogens with zero attached hydrogens (tertiary/aromatic N) is 3. The van der Waals surface area contributed by atoms with Crippen LogP contribution in [0.25, 0.3) is 0 Å². The number of hydrogen-bond acceptors (Lipinski definition) is 13. The zero-order valence-electron chi connectivity index (χ0n) is 40.6. The molecule has 0 saturated heterocycles. The Balaban J connectivity index is 1.98. The van der Waals surface area contributed by atoms with Crippen molar-refractivity contribution in [2.75, 3.05) is 32.6 Å². The van der Waals surface area contributed by atoms with E-state index in [1.807, 2.05) is 0 Å². The van der Waals surface area contributed by atoms with Crippen LogP contribution in [0.5, 0.6) is 0 Å². The number of carbonyl (C=O) groups excluding carboxylic acids is 5. The minimum absolute atomic E-state index is 0.0663. The average molecular weight is 986 g/mol. The molecule has 0 aliphatic heterocycles. The molecule has 8 N–H and O–H groups in total. The number of carboxylic acids is 2. The Morgan fingerprint density at radius 3 is 1.43 bits per heavy atom. The third-order valence-electron chi connectivity index (χ3n) is 11.4. The molecule has 0 aliphatic rings. The van der Waals surface area contributed by atoms with E-state index >= 15 is 0 Å². The number of unbranched alkanes of at least 4 members (excludes halogenated alkanes) is 20. The lowest BCUT2D eigenvalue weighted by atomic mass is 10.0. The van der Waals surface area contributed by atoms with Crippen molar-refractivity contribution in [3.63, 3.8) is 0 Å². The van der Waals surface area contributed by atoms with Crippen LogP contribution >= 0.6 is 0 Å². The number of ether oxygens (including phenoxy) is 1. The zero-order chi connectivity index (χ0) is 50.1. The van der Waals surface area contributed by atoms with Gasteiger partial charge in [0.1, 0.15) is 17.9 Å². The number of nitrogens with one attached hydrogen (secondary N) is 6. The van der Waals surface area contributed by atoms with E-state index in [4.69, 9.17) is 4.74 Å². The number of tetrazole rings is 1. The number of aliphatic carboxylic acids is 2. The molecule has 2 unspecified atom stereocenters. The molecular formula is C46H83N9O12S. The third-order valence-corrected chi connectivity index (χ3v) is 12.8. The lowest BCUT2D eigenvalue weighted by Gasteiger charge is -2.17. The molecule has 5 amide bonds. The van der Waals surface area contributed by atoms with Crippen LogP contribution in [0.15, 0.2) is 0 Å². The fraction of sp³-hybridized carbons (Fsp3) is 0.826. The van der Waals surface area contributed by atoms with Crippen LogP contribution in [-0.4, -0.2) is 125 Å². The highest BCUT2D eigenvalue weighted by Gasteiger charge is 2.24. The van der Waals surface area contributed by atoms with E-state index in [1.165, 1.54) is 58.5 Å². The molecule has 390 valence electrons. The summed E-state index contributed by atoms with van der Waals surface area (Å²) in [5.41, 5.74) is 0. The van der Waals surface area contributed by atoms with Gasteiger partial charge in [-0.1, -0.05) is 116 Å². The van der Waals surface area contributed by atoms with Gasteiger partial charge in [0.25, 0.3) is 0 Å². The number of methoxy groups -OCH3 is 1. The fourth-order valence-electron chi connectivity index (χ4n) is 7.45. The van der Waals surface area contributed by atoms with E-state index in [0.717, 1.165) is 89.3 Å². The molecule has 0 aliphatic carbocycles. The van der Waals surface area contributed by atoms with Crippen molar-refractivity contribution >= 4 is 51.5 Å². The van der Waals surface area contributed by atoms with Crippen molar-refractivity contribution in [3.8, 4) is 0 Å². The van der Waals surface area contributed by atoms with Crippen LogP contribution in [0.2, 0.25) is 0 Å². The van der Waals surface area contributed by atoms with Crippen LogP contribution in [-0.2, 0) is 54.7 Å². The molecule has 21 nitrogen and oxygen atoms in total. The summed E-state index contributed by atoms with van der Waals surface area (Å²) < 4.78 is 31.6. The highest BCUT2D eigenvalue weighted by atomic mass is 32.2. The second-order valence-electron chi connectivity index (χ2n) is 17.5. The first-order valence-corrected chi connectivity index (χ1v) is 26.7. The number of amides is 5. The van der Waals surface area contributed by atoms with Gasteiger partial charge in [-0.05, 0) is 55.4 Å². The number of hydrogen-bond donors (Lipinski definition) is 8. The van der Waals surface area contributed by atoms with Crippen LogP contribution in [0.3, 0.4) is 0 Å². The number of aromatic nitrogens is 4. The summed E-state index contributed by atoms with van der Waals surface area (Å²) in [6.07, 6.45) is 23.3. The van der Waals surface area contributed by atoms with E-state index in [2.05, 4.69) is 46.6 Å². The summed E-state index contributed by atoms with van der Waals surface area (Å²) in [6.45, 7) is 1.07. The highest BCUT2D eigenvalue weighted by Crippen LogP contribution is 2.14. The monoisotopic (exact) mass is 986 g/mol. The number of aryl methyl sites for hydroxylation is 1. The fourth-order valence-corrected chi connectivity index (χ4v) is 8.52. The van der Waals surface area contributed by atoms with Gasteiger partial charge in [0, 0.05) is 58.7 Å². The van der Waals surface area contributed by atoms with Gasteiger partial charge < -0.3 is 36.2 Å². The number of aromatic amines is 1. The number of rotatable bonds is 46. The molecule has 1 rings (SSSR count). The lowest BCUT2D eigenvalue weighted by molar-refractivity contribution is -0.143. The Morgan fingerprint density at radius 1 is 0.529 bits per heavy atom. The molecule has 2 atom stereocenters. The van der Waals surface area contributed by atoms with E-state index in [9.17, 15) is 52.2 Å². The number of sulfonamides is 1. The molecule has 0 radical (unpaired) electrons. The average Bonchev–Trinajstić information content (AvgIpc) is 3.81. The summed E-state index contributed by atoms with van der Waals surface area (Å²) in [5, 5.41) is 42.9. The Bertz CT molecular complexity index is 1670. The maximum Gasteiger partial charge on any atom is 0.326 e. The molecule has 0 fully saturated rings. The minimum Gasteiger partial charge on any atom is -0.480 e. The molecule has 0 spiro atoms. The summed E-state index contributed by atoms with van der Waals surface area (Å²) in [7, 11) is -2.31. The molecular weight excluding hydrogens is 903 g/mol. The Kier molecular flexibility index (Phi) is 36.2. The van der Waals surface area contributed by atoms with Crippen LogP contribution in [0, 0.1) is 0 Å². The quantitative estimate of drug-likeness (QED) is 0.0403. The second-order valence-corrected chi connectivity index (χ2v) is 19.4. The van der Waals surface area contributed by atoms with E-state index in [0.29, 0.717) is 26.0 Å². The predicted octanol–water partition coefficient (Wildman–Crippen LogP) is 4.91. The van der Waals surface area contributed by atoms with Gasteiger partial charge in [-0.2, -0.15) is 0 Å². The lowest BCUT2D eigenvalue weighted by Crippen LogP contribution is -2.44. The van der Waals surface area contributed by atoms with Crippen molar-refractivity contribution in [2.45, 2.75) is 211 Å². The van der Waals surface area contributed by atoms with E-state index < -0.39 is 57.7 Å². The number of H-pyrrole nitrogens is 1. The van der Waals surface area contributed by atoms with Crippen molar-refractivity contribution in [1.29, 1.82) is 0 Å². The van der Waals surface area contributed by atoms with E-state index in [1.54, 1.807) is 0 Å². The van der Waals surface area contributed by atoms with Crippen molar-refractivity contribution in [2.24, 2.45) is 0 Å². The van der Waals surface area contributed by atoms with Gasteiger partial charge in [0.05, 0.1) is 12.4 Å². The first kappa shape index (κ1) is 61.3. The van der Waals surface area contributed by atoms with Gasteiger partial charge >= 0.3 is 11.9 Å². The summed E-state index contributed by atoms with van der Waals surface area (Å²) in [5.74, 6) is -4.32. The molecule has 0 aromatic carbocycles. The normalized spacial score (nSPS) is 12.2. The maximum atomic E-state index is 12.4. The van der Waals surface area contributed by atoms with Crippen LogP contribution in [0.1, 0.15) is 198 Å². The van der Waals surface area contributed by atoms with Crippen LogP contribution < -0.4 is 26.0 Å². The SMILES string of the molecule is COCCNC(=O)CCC(NC(=O)CCC(NC(=O)CCCCCCCCCCCNC(=O)CCCS(=O)(=O)NC(=O)CCCCCCCCCCCCCCCc1nnn[nH]1)C(=O)O)C(=O)O. The standard InChI is InChI=1S/C46H83N9O12S/c1-67-35-34-48-41(57)31-29-37(45(61)62)50-43(59)32-30-38(46(63)64)49-42(58)26-21-17-13-10-7-11-15-19-23-33-47-40(56)28-24-36-68(65,66)53-44(60)27-22-18-14-9-6-4-2-3-5-8-12-16-20-25-39-51-54-55-52-39/h37-38H,2-36H2,1H3,(H,47,56)(H,48,57)(H,49,58)(H,50,59)(H,53,60)(H,61,62)(H,63,64)(H,51,52,54,55). The Hall–Kier alpha value is -4.73. The topological polar surface area (TPSA) is 318 Å². The van der Waals surface area contributed by atoms with Gasteiger partial charge in [-0.25, -0.2) is 23.1 Å². The van der Waals surface area contributed by atoms with Gasteiger partial charge in [-0.3, -0.25) is 28.7 Å². The Labute approximate surface area is 403 Å². The molecule has 1 aromatic heterocycles. The predicted molar refractivity (Wildman–Crippen MR) is 255 cm³/mol. The van der Waals surface area contributed by atoms with Crippen molar-refractivity contribution < 1.29 is 56.9 Å². The minimum atomic E-state index is -3.79. The molecule has 1 aromatic rings. The van der Waals surface area contributed by atoms with E-state index in [-0.39, 0.29) is 69.6 Å². The molecule has 0 saturated carbocycles. The van der Waals surface area contributed by atoms with Gasteiger partial charge in [-0.15, -0.1) is 5.10 Å². The summed E-state index contributed by atoms with van der Waals surface area (Å²) in [6, 6.07) is -2.64. The van der Waals surface area contributed by atoms with Gasteiger partial charge in [0.15, 0.2) is 0 Å². The smallest absolute Gasteiger partial charge is 0.326 e. The first-order valence-electron chi connectivity index (χ1n) is 25.0. The first-order chi connectivity index (χ1) is 32.7.